The lowest BCUT2D eigenvalue weighted by Gasteiger charge is -2.26. The van der Waals surface area contributed by atoms with E-state index in [1.807, 2.05) is 24.9 Å². The van der Waals surface area contributed by atoms with Crippen LogP contribution >= 0.6 is 11.8 Å². The molecule has 146 valence electrons. The van der Waals surface area contributed by atoms with Crippen LogP contribution < -0.4 is 10.6 Å². The van der Waals surface area contributed by atoms with Crippen molar-refractivity contribution in [3.05, 3.63) is 42.0 Å². The highest BCUT2D eigenvalue weighted by Crippen LogP contribution is 2.22. The molecule has 2 aromatic rings. The molecule has 3 rings (SSSR count). The van der Waals surface area contributed by atoms with Gasteiger partial charge in [-0.25, -0.2) is 9.67 Å². The lowest BCUT2D eigenvalue weighted by molar-refractivity contribution is 0.391. The van der Waals surface area contributed by atoms with Crippen LogP contribution in [0.2, 0.25) is 0 Å². The van der Waals surface area contributed by atoms with E-state index in [4.69, 9.17) is 0 Å². The van der Waals surface area contributed by atoms with Crippen molar-refractivity contribution in [2.24, 2.45) is 4.99 Å². The molecule has 1 aromatic heterocycles. The summed E-state index contributed by atoms with van der Waals surface area (Å²) in [4.78, 5) is 10.3. The van der Waals surface area contributed by atoms with Gasteiger partial charge in [-0.1, -0.05) is 39.0 Å². The van der Waals surface area contributed by atoms with Gasteiger partial charge >= 0.3 is 0 Å². The maximum atomic E-state index is 4.66. The first-order chi connectivity index (χ1) is 13.0. The van der Waals surface area contributed by atoms with E-state index in [0.29, 0.717) is 17.2 Å². The first kappa shape index (κ1) is 19.7. The van der Waals surface area contributed by atoms with Crippen molar-refractivity contribution in [3.63, 3.8) is 0 Å². The van der Waals surface area contributed by atoms with Crippen molar-refractivity contribution >= 4 is 17.7 Å². The molecule has 1 aromatic carbocycles. The van der Waals surface area contributed by atoms with E-state index >= 15 is 0 Å². The largest absolute Gasteiger partial charge is 0.355 e. The maximum Gasteiger partial charge on any atom is 0.191 e. The number of aromatic nitrogens is 3. The number of hydrogen-bond acceptors (Lipinski definition) is 4. The lowest BCUT2D eigenvalue weighted by atomic mass is 10.1. The summed E-state index contributed by atoms with van der Waals surface area (Å²) in [6.07, 6.45) is 2.00. The van der Waals surface area contributed by atoms with E-state index in [1.54, 1.807) is 0 Å². The quantitative estimate of drug-likeness (QED) is 0.454. The third kappa shape index (κ3) is 5.48. The van der Waals surface area contributed by atoms with E-state index < -0.39 is 0 Å². The molecule has 1 aliphatic rings. The fraction of sp³-hybridized carbons (Fsp3) is 0.550. The van der Waals surface area contributed by atoms with E-state index in [2.05, 4.69) is 75.4 Å². The molecule has 1 aliphatic heterocycles. The SMILES string of the molecule is CN=C(NCC(C)Sc1ccccc1)NC1CCc2nc(C(C)C)nn2C1. The summed E-state index contributed by atoms with van der Waals surface area (Å²) in [5.74, 6) is 3.27. The van der Waals surface area contributed by atoms with Crippen LogP contribution in [0.4, 0.5) is 0 Å². The van der Waals surface area contributed by atoms with Gasteiger partial charge in [0.05, 0.1) is 6.54 Å². The van der Waals surface area contributed by atoms with Crippen LogP contribution in [-0.4, -0.2) is 45.6 Å². The normalized spacial score (nSPS) is 18.3. The van der Waals surface area contributed by atoms with Crippen molar-refractivity contribution < 1.29 is 0 Å². The topological polar surface area (TPSA) is 67.1 Å². The predicted octanol–water partition coefficient (Wildman–Crippen LogP) is 3.06. The van der Waals surface area contributed by atoms with Crippen LogP contribution in [0.3, 0.4) is 0 Å². The van der Waals surface area contributed by atoms with Crippen molar-refractivity contribution in [2.75, 3.05) is 13.6 Å². The summed E-state index contributed by atoms with van der Waals surface area (Å²) in [5.41, 5.74) is 0. The smallest absolute Gasteiger partial charge is 0.191 e. The number of hydrogen-bond donors (Lipinski definition) is 2. The molecule has 6 nitrogen and oxygen atoms in total. The molecule has 7 heteroatoms. The van der Waals surface area contributed by atoms with Gasteiger partial charge in [-0.2, -0.15) is 5.10 Å². The third-order valence-electron chi connectivity index (χ3n) is 4.59. The zero-order valence-corrected chi connectivity index (χ0v) is 17.5. The minimum absolute atomic E-state index is 0.322. The zero-order valence-electron chi connectivity index (χ0n) is 16.6. The van der Waals surface area contributed by atoms with Crippen LogP contribution in [0.5, 0.6) is 0 Å². The lowest BCUT2D eigenvalue weighted by Crippen LogP contribution is -2.48. The number of aryl methyl sites for hydroxylation is 1. The summed E-state index contributed by atoms with van der Waals surface area (Å²) in [7, 11) is 1.82. The average molecular weight is 387 g/mol. The highest BCUT2D eigenvalue weighted by atomic mass is 32.2. The molecule has 2 atom stereocenters. The molecule has 0 bridgehead atoms. The number of nitrogens with zero attached hydrogens (tertiary/aromatic N) is 4. The molecule has 0 saturated heterocycles. The first-order valence-corrected chi connectivity index (χ1v) is 10.6. The fourth-order valence-corrected chi connectivity index (χ4v) is 4.04. The maximum absolute atomic E-state index is 4.66. The monoisotopic (exact) mass is 386 g/mol. The first-order valence-electron chi connectivity index (χ1n) is 9.67. The zero-order chi connectivity index (χ0) is 19.2. The molecule has 0 aliphatic carbocycles. The van der Waals surface area contributed by atoms with E-state index in [-0.39, 0.29) is 0 Å². The number of benzene rings is 1. The highest BCUT2D eigenvalue weighted by molar-refractivity contribution is 8.00. The summed E-state index contributed by atoms with van der Waals surface area (Å²) >= 11 is 1.87. The Balaban J connectivity index is 1.49. The number of fused-ring (bicyclic) bond motifs is 1. The number of aliphatic imine (C=N–C) groups is 1. The molecule has 0 radical (unpaired) electrons. The molecular weight excluding hydrogens is 356 g/mol. The van der Waals surface area contributed by atoms with Gasteiger partial charge in [-0.05, 0) is 18.6 Å². The third-order valence-corrected chi connectivity index (χ3v) is 5.71. The molecule has 0 spiro atoms. The Labute approximate surface area is 166 Å². The Morgan fingerprint density at radius 3 is 2.78 bits per heavy atom. The van der Waals surface area contributed by atoms with Crippen LogP contribution in [-0.2, 0) is 13.0 Å². The second kappa shape index (κ2) is 9.26. The summed E-state index contributed by atoms with van der Waals surface area (Å²) in [6, 6.07) is 10.8. The van der Waals surface area contributed by atoms with E-state index in [1.165, 1.54) is 4.90 Å². The Bertz CT molecular complexity index is 755. The molecule has 2 unspecified atom stereocenters. The van der Waals surface area contributed by atoms with Gasteiger partial charge in [0.25, 0.3) is 0 Å². The number of guanidine groups is 1. The Hall–Kier alpha value is -2.02. The fourth-order valence-electron chi connectivity index (χ4n) is 3.09. The van der Waals surface area contributed by atoms with Gasteiger partial charge in [-0.15, -0.1) is 11.8 Å². The Morgan fingerprint density at radius 1 is 1.30 bits per heavy atom. The molecule has 2 heterocycles. The molecular formula is C20H30N6S. The number of thioether (sulfide) groups is 1. The van der Waals surface area contributed by atoms with Crippen molar-refractivity contribution in [1.82, 2.24) is 25.4 Å². The van der Waals surface area contributed by atoms with Crippen LogP contribution in [0, 0.1) is 0 Å². The summed E-state index contributed by atoms with van der Waals surface area (Å²) in [5, 5.41) is 12.1. The molecule has 0 saturated carbocycles. The van der Waals surface area contributed by atoms with Crippen molar-refractivity contribution in [2.45, 2.75) is 62.3 Å². The summed E-state index contributed by atoms with van der Waals surface area (Å²) < 4.78 is 2.05. The standard InChI is InChI=1S/C20H30N6S/c1-14(2)19-24-18-11-10-16(13-26(18)25-19)23-20(21-4)22-12-15(3)27-17-8-6-5-7-9-17/h5-9,14-16H,10-13H2,1-4H3,(H2,21,22,23). The van der Waals surface area contributed by atoms with Crippen molar-refractivity contribution in [1.29, 1.82) is 0 Å². The Kier molecular flexibility index (Phi) is 6.77. The van der Waals surface area contributed by atoms with Crippen molar-refractivity contribution in [3.8, 4) is 0 Å². The van der Waals surface area contributed by atoms with Gasteiger partial charge in [0, 0.05) is 42.1 Å². The van der Waals surface area contributed by atoms with Crippen LogP contribution in [0.25, 0.3) is 0 Å². The molecule has 2 N–H and O–H groups in total. The average Bonchev–Trinajstić information content (AvgIpc) is 3.09. The molecule has 27 heavy (non-hydrogen) atoms. The predicted molar refractivity (Wildman–Crippen MR) is 112 cm³/mol. The van der Waals surface area contributed by atoms with Gasteiger partial charge in [0.1, 0.15) is 5.82 Å². The van der Waals surface area contributed by atoms with Gasteiger partial charge in [-0.3, -0.25) is 4.99 Å². The number of nitrogens with one attached hydrogen (secondary N) is 2. The summed E-state index contributed by atoms with van der Waals surface area (Å²) in [6.45, 7) is 8.20. The second-order valence-corrected chi connectivity index (χ2v) is 8.81. The van der Waals surface area contributed by atoms with Gasteiger partial charge in [0.15, 0.2) is 11.8 Å². The second-order valence-electron chi connectivity index (χ2n) is 7.30. The van der Waals surface area contributed by atoms with Gasteiger partial charge in [0.2, 0.25) is 0 Å². The number of rotatable bonds is 6. The van der Waals surface area contributed by atoms with E-state index in [0.717, 1.165) is 43.5 Å². The van der Waals surface area contributed by atoms with Gasteiger partial charge < -0.3 is 10.6 Å². The minimum Gasteiger partial charge on any atom is -0.355 e. The van der Waals surface area contributed by atoms with Crippen LogP contribution in [0.15, 0.2) is 40.2 Å². The molecule has 0 amide bonds. The van der Waals surface area contributed by atoms with E-state index in [9.17, 15) is 0 Å². The van der Waals surface area contributed by atoms with Crippen LogP contribution in [0.1, 0.15) is 44.8 Å². The molecule has 0 fully saturated rings. The minimum atomic E-state index is 0.322. The Morgan fingerprint density at radius 2 is 2.07 bits per heavy atom. The highest BCUT2D eigenvalue weighted by Gasteiger charge is 2.23.